The van der Waals surface area contributed by atoms with Crippen LogP contribution in [0.2, 0.25) is 0 Å². The predicted octanol–water partition coefficient (Wildman–Crippen LogP) is 2.36. The summed E-state index contributed by atoms with van der Waals surface area (Å²) in [5, 5.41) is 12.1. The molecule has 1 saturated carbocycles. The van der Waals surface area contributed by atoms with Crippen LogP contribution in [-0.4, -0.2) is 36.0 Å². The minimum atomic E-state index is -0.271. The topological polar surface area (TPSA) is 41.9 Å². The minimum absolute atomic E-state index is 0.0751. The molecule has 1 spiro atoms. The van der Waals surface area contributed by atoms with Gasteiger partial charge >= 0.3 is 0 Å². The Morgan fingerprint density at radius 2 is 2.35 bits per heavy atom. The van der Waals surface area contributed by atoms with Crippen molar-refractivity contribution in [2.75, 3.05) is 13.7 Å². The Balaban J connectivity index is 1.81. The number of hydrogen-bond acceptors (Lipinski definition) is 4. The molecule has 0 bridgehead atoms. The van der Waals surface area contributed by atoms with Gasteiger partial charge in [-0.15, -0.1) is 0 Å². The lowest BCUT2D eigenvalue weighted by Gasteiger charge is -2.39. The Labute approximate surface area is 120 Å². The summed E-state index contributed by atoms with van der Waals surface area (Å²) in [4.78, 5) is 5.44. The summed E-state index contributed by atoms with van der Waals surface area (Å²) in [5.74, 6) is 1.44. The Hall–Kier alpha value is -1.00. The lowest BCUT2D eigenvalue weighted by molar-refractivity contribution is -0.0967. The minimum Gasteiger partial charge on any atom is -0.493 e. The summed E-state index contributed by atoms with van der Waals surface area (Å²) < 4.78 is 6.28. The summed E-state index contributed by atoms with van der Waals surface area (Å²) in [5.41, 5.74) is 1.55. The smallest absolute Gasteiger partial charge is 0.111 e. The molecule has 0 aromatic heterocycles. The molecule has 110 valence electrons. The number of aliphatic hydroxyl groups is 1. The van der Waals surface area contributed by atoms with Crippen LogP contribution < -0.4 is 0 Å². The molecule has 20 heavy (non-hydrogen) atoms. The molecule has 4 nitrogen and oxygen atoms in total. The summed E-state index contributed by atoms with van der Waals surface area (Å²) in [6.45, 7) is 0.820. The maximum absolute atomic E-state index is 10.2. The van der Waals surface area contributed by atoms with Gasteiger partial charge < -0.3 is 9.84 Å². The molecule has 0 saturated heterocycles. The van der Waals surface area contributed by atoms with Crippen molar-refractivity contribution in [3.63, 3.8) is 0 Å². The molecule has 1 fully saturated rings. The highest BCUT2D eigenvalue weighted by Gasteiger charge is 2.54. The van der Waals surface area contributed by atoms with Gasteiger partial charge in [0.25, 0.3) is 0 Å². The Kier molecular flexibility index (Phi) is 2.86. The molecule has 1 N–H and O–H groups in total. The van der Waals surface area contributed by atoms with Gasteiger partial charge in [0.2, 0.25) is 0 Å². The second-order valence-corrected chi connectivity index (χ2v) is 6.62. The van der Waals surface area contributed by atoms with E-state index in [4.69, 9.17) is 9.57 Å². The number of hydroxylamine groups is 2. The predicted molar refractivity (Wildman–Crippen MR) is 74.4 cm³/mol. The zero-order valence-electron chi connectivity index (χ0n) is 12.0. The zero-order chi connectivity index (χ0) is 13.7. The quantitative estimate of drug-likeness (QED) is 0.799. The van der Waals surface area contributed by atoms with E-state index in [-0.39, 0.29) is 17.6 Å². The maximum Gasteiger partial charge on any atom is 0.111 e. The number of aliphatic hydroxyl groups excluding tert-OH is 1. The second-order valence-electron chi connectivity index (χ2n) is 6.62. The van der Waals surface area contributed by atoms with Gasteiger partial charge in [-0.05, 0) is 31.3 Å². The lowest BCUT2D eigenvalue weighted by atomic mass is 9.63. The van der Waals surface area contributed by atoms with Crippen molar-refractivity contribution >= 4 is 0 Å². The fourth-order valence-corrected chi connectivity index (χ4v) is 4.72. The Morgan fingerprint density at radius 1 is 1.45 bits per heavy atom. The first-order valence-corrected chi connectivity index (χ1v) is 7.81. The van der Waals surface area contributed by atoms with Crippen LogP contribution in [0, 0.1) is 11.3 Å². The van der Waals surface area contributed by atoms with E-state index in [1.54, 1.807) is 7.11 Å². The summed E-state index contributed by atoms with van der Waals surface area (Å²) >= 11 is 0. The molecule has 2 aliphatic heterocycles. The van der Waals surface area contributed by atoms with Gasteiger partial charge in [-0.1, -0.05) is 12.5 Å². The average Bonchev–Trinajstić information content (AvgIpc) is 2.68. The highest BCUT2D eigenvalue weighted by molar-refractivity contribution is 5.38. The van der Waals surface area contributed by atoms with Crippen LogP contribution in [0.5, 0.6) is 0 Å². The third-order valence-electron chi connectivity index (χ3n) is 5.53. The van der Waals surface area contributed by atoms with Gasteiger partial charge in [-0.3, -0.25) is 9.90 Å². The van der Waals surface area contributed by atoms with Gasteiger partial charge in [-0.2, -0.15) is 0 Å². The molecular formula is C16H23NO3. The highest BCUT2D eigenvalue weighted by atomic mass is 16.7. The van der Waals surface area contributed by atoms with Gasteiger partial charge in [0.1, 0.15) is 6.10 Å². The molecule has 0 amide bonds. The second kappa shape index (κ2) is 4.50. The van der Waals surface area contributed by atoms with E-state index >= 15 is 0 Å². The van der Waals surface area contributed by atoms with E-state index in [2.05, 4.69) is 12.3 Å². The van der Waals surface area contributed by atoms with Crippen molar-refractivity contribution in [3.8, 4) is 0 Å². The molecule has 4 atom stereocenters. The first-order valence-electron chi connectivity index (χ1n) is 7.81. The molecule has 4 aliphatic rings. The molecule has 0 aromatic rings. The van der Waals surface area contributed by atoms with Crippen LogP contribution in [0.4, 0.5) is 0 Å². The van der Waals surface area contributed by atoms with E-state index in [9.17, 15) is 5.11 Å². The van der Waals surface area contributed by atoms with E-state index in [1.165, 1.54) is 24.8 Å². The van der Waals surface area contributed by atoms with Gasteiger partial charge in [-0.25, -0.2) is 0 Å². The monoisotopic (exact) mass is 277 g/mol. The molecule has 0 aromatic carbocycles. The third kappa shape index (κ3) is 1.67. The molecule has 0 radical (unpaired) electrons. The number of nitrogens with zero attached hydrogens (tertiary/aromatic N) is 1. The number of rotatable bonds is 1. The number of ether oxygens (including phenoxy) is 1. The van der Waals surface area contributed by atoms with Gasteiger partial charge in [0, 0.05) is 18.5 Å². The van der Waals surface area contributed by atoms with E-state index in [1.807, 2.05) is 5.06 Å². The van der Waals surface area contributed by atoms with Gasteiger partial charge in [0.05, 0.1) is 30.9 Å². The van der Waals surface area contributed by atoms with Crippen molar-refractivity contribution in [2.24, 2.45) is 11.3 Å². The van der Waals surface area contributed by atoms with Crippen molar-refractivity contribution in [1.29, 1.82) is 0 Å². The normalized spacial score (nSPS) is 42.9. The average molecular weight is 277 g/mol. The molecule has 2 heterocycles. The molecular weight excluding hydrogens is 254 g/mol. The fourth-order valence-electron chi connectivity index (χ4n) is 4.72. The third-order valence-corrected chi connectivity index (χ3v) is 5.53. The summed E-state index contributed by atoms with van der Waals surface area (Å²) in [7, 11) is 1.71. The molecule has 4 rings (SSSR count). The largest absolute Gasteiger partial charge is 0.493 e. The lowest BCUT2D eigenvalue weighted by Crippen LogP contribution is -2.38. The maximum atomic E-state index is 10.2. The Morgan fingerprint density at radius 3 is 3.20 bits per heavy atom. The van der Waals surface area contributed by atoms with Crippen molar-refractivity contribution in [1.82, 2.24) is 5.06 Å². The fraction of sp³-hybridized carbons (Fsp3) is 0.750. The van der Waals surface area contributed by atoms with Crippen LogP contribution in [0.3, 0.4) is 0 Å². The zero-order valence-corrected chi connectivity index (χ0v) is 12.0. The van der Waals surface area contributed by atoms with E-state index in [0.29, 0.717) is 12.3 Å². The molecule has 2 aliphatic carbocycles. The van der Waals surface area contributed by atoms with Crippen molar-refractivity contribution in [2.45, 2.75) is 50.7 Å². The summed E-state index contributed by atoms with van der Waals surface area (Å²) in [6, 6.07) is 0. The molecule has 2 unspecified atom stereocenters. The first kappa shape index (κ1) is 12.7. The Bertz CT molecular complexity index is 472. The summed E-state index contributed by atoms with van der Waals surface area (Å²) in [6.07, 6.45) is 10.8. The molecule has 4 heteroatoms. The van der Waals surface area contributed by atoms with Crippen LogP contribution in [0.1, 0.15) is 38.5 Å². The van der Waals surface area contributed by atoms with Crippen molar-refractivity contribution < 1.29 is 14.7 Å². The highest BCUT2D eigenvalue weighted by Crippen LogP contribution is 2.58. The van der Waals surface area contributed by atoms with Crippen LogP contribution in [0.15, 0.2) is 23.6 Å². The standard InChI is InChI=1S/C16H23NO3/c1-19-17-7-6-16-5-3-2-4-14(16)20-13-9-12(18)8-11(10-17)15(13)16/h6-7,11-12,14,18H,2-5,8-10H2,1H3/t11-,12+,14?,16?/m0/s1. The van der Waals surface area contributed by atoms with E-state index < -0.39 is 0 Å². The van der Waals surface area contributed by atoms with Crippen LogP contribution >= 0.6 is 0 Å². The van der Waals surface area contributed by atoms with Crippen LogP contribution in [0.25, 0.3) is 0 Å². The first-order chi connectivity index (χ1) is 9.73. The van der Waals surface area contributed by atoms with Crippen molar-refractivity contribution in [3.05, 3.63) is 23.6 Å². The SMILES string of the molecule is CON1C=CC23CCCCC2OC2=C3[C@@H](C[C@@H](O)C2)C1. The van der Waals surface area contributed by atoms with E-state index in [0.717, 1.165) is 25.1 Å². The number of hydrogen-bond donors (Lipinski definition) is 1. The van der Waals surface area contributed by atoms with Crippen LogP contribution in [-0.2, 0) is 9.57 Å². The van der Waals surface area contributed by atoms with Gasteiger partial charge in [0.15, 0.2) is 0 Å².